The van der Waals surface area contributed by atoms with Crippen LogP contribution in [0.3, 0.4) is 0 Å². The summed E-state index contributed by atoms with van der Waals surface area (Å²) in [7, 11) is 0. The van der Waals surface area contributed by atoms with E-state index in [4.69, 9.17) is 10.2 Å². The van der Waals surface area contributed by atoms with Crippen molar-refractivity contribution in [2.45, 2.75) is 25.8 Å². The van der Waals surface area contributed by atoms with Gasteiger partial charge in [-0.3, -0.25) is 0 Å². The van der Waals surface area contributed by atoms with Gasteiger partial charge in [0.15, 0.2) is 0 Å². The summed E-state index contributed by atoms with van der Waals surface area (Å²) in [6.45, 7) is 2.12. The molecule has 0 saturated carbocycles. The quantitative estimate of drug-likeness (QED) is 0.696. The second kappa shape index (κ2) is 3.42. The molecule has 2 N–H and O–H groups in total. The summed E-state index contributed by atoms with van der Waals surface area (Å²) < 4.78 is 4.90. The van der Waals surface area contributed by atoms with Gasteiger partial charge in [-0.25, -0.2) is 0 Å². The molecule has 0 fully saturated rings. The highest BCUT2D eigenvalue weighted by Crippen LogP contribution is 2.14. The van der Waals surface area contributed by atoms with Crippen LogP contribution in [0.2, 0.25) is 0 Å². The molecule has 0 aliphatic rings. The fraction of sp³-hybridized carbons (Fsp3) is 0.500. The van der Waals surface area contributed by atoms with Crippen LogP contribution in [0.5, 0.6) is 0 Å². The van der Waals surface area contributed by atoms with Gasteiger partial charge in [0.2, 0.25) is 0 Å². The molecule has 0 amide bonds. The van der Waals surface area contributed by atoms with E-state index in [-0.39, 0.29) is 6.04 Å². The topological polar surface area (TPSA) is 39.2 Å². The fourth-order valence-corrected chi connectivity index (χ4v) is 0.964. The first-order valence-corrected chi connectivity index (χ1v) is 3.62. The van der Waals surface area contributed by atoms with Crippen molar-refractivity contribution in [1.82, 2.24) is 0 Å². The Balaban J connectivity index is 2.50. The van der Waals surface area contributed by atoms with Crippen LogP contribution >= 0.6 is 0 Å². The number of hydrogen-bond donors (Lipinski definition) is 1. The molecule has 2 heteroatoms. The van der Waals surface area contributed by atoms with Crippen molar-refractivity contribution in [1.29, 1.82) is 0 Å². The van der Waals surface area contributed by atoms with Gasteiger partial charge in [0, 0.05) is 11.6 Å². The Kier molecular flexibility index (Phi) is 2.51. The molecule has 0 spiro atoms. The minimum Gasteiger partial charge on any atom is -0.472 e. The second-order valence-electron chi connectivity index (χ2n) is 2.45. The van der Waals surface area contributed by atoms with Gasteiger partial charge in [0.25, 0.3) is 0 Å². The molecule has 1 rings (SSSR count). The Morgan fingerprint density at radius 1 is 1.70 bits per heavy atom. The second-order valence-corrected chi connectivity index (χ2v) is 2.45. The average molecular weight is 139 g/mol. The Morgan fingerprint density at radius 2 is 2.50 bits per heavy atom. The average Bonchev–Trinajstić information content (AvgIpc) is 2.38. The van der Waals surface area contributed by atoms with Crippen molar-refractivity contribution in [2.75, 3.05) is 0 Å². The van der Waals surface area contributed by atoms with E-state index in [2.05, 4.69) is 6.92 Å². The van der Waals surface area contributed by atoms with Gasteiger partial charge in [0.05, 0.1) is 12.5 Å². The third kappa shape index (κ3) is 1.61. The summed E-state index contributed by atoms with van der Waals surface area (Å²) in [5.74, 6) is 0. The highest BCUT2D eigenvalue weighted by atomic mass is 16.3. The molecule has 1 atom stereocenters. The molecular weight excluding hydrogens is 126 g/mol. The molecule has 2 nitrogen and oxygen atoms in total. The summed E-state index contributed by atoms with van der Waals surface area (Å²) in [6, 6.07) is 2.07. The Bertz CT molecular complexity index is 169. The normalized spacial score (nSPS) is 13.4. The maximum absolute atomic E-state index is 5.79. The van der Waals surface area contributed by atoms with Crippen LogP contribution in [0.4, 0.5) is 0 Å². The molecule has 56 valence electrons. The molecule has 10 heavy (non-hydrogen) atoms. The highest BCUT2D eigenvalue weighted by molar-refractivity contribution is 5.10. The molecule has 1 aromatic rings. The predicted molar refractivity (Wildman–Crippen MR) is 40.5 cm³/mol. The van der Waals surface area contributed by atoms with Gasteiger partial charge >= 0.3 is 0 Å². The van der Waals surface area contributed by atoms with E-state index >= 15 is 0 Å². The third-order valence-electron chi connectivity index (χ3n) is 1.57. The van der Waals surface area contributed by atoms with E-state index in [1.54, 1.807) is 12.5 Å². The van der Waals surface area contributed by atoms with E-state index in [0.29, 0.717) is 0 Å². The summed E-state index contributed by atoms with van der Waals surface area (Å²) >= 11 is 0. The summed E-state index contributed by atoms with van der Waals surface area (Å²) in [6.07, 6.45) is 5.51. The molecule has 1 heterocycles. The lowest BCUT2D eigenvalue weighted by Gasteiger charge is -2.05. The van der Waals surface area contributed by atoms with Gasteiger partial charge in [-0.05, 0) is 12.5 Å². The number of rotatable bonds is 3. The maximum atomic E-state index is 5.79. The van der Waals surface area contributed by atoms with E-state index in [0.717, 1.165) is 18.4 Å². The summed E-state index contributed by atoms with van der Waals surface area (Å²) in [4.78, 5) is 0. The molecule has 0 aliphatic carbocycles. The number of nitrogens with two attached hydrogens (primary N) is 1. The van der Waals surface area contributed by atoms with E-state index < -0.39 is 0 Å². The largest absolute Gasteiger partial charge is 0.472 e. The number of hydrogen-bond acceptors (Lipinski definition) is 2. The first-order chi connectivity index (χ1) is 4.84. The van der Waals surface area contributed by atoms with Crippen LogP contribution in [0.1, 0.15) is 31.4 Å². The number of furan rings is 1. The van der Waals surface area contributed by atoms with Crippen LogP contribution < -0.4 is 5.73 Å². The monoisotopic (exact) mass is 139 g/mol. The fourth-order valence-electron chi connectivity index (χ4n) is 0.964. The predicted octanol–water partition coefficient (Wildman–Crippen LogP) is 2.08. The zero-order valence-corrected chi connectivity index (χ0v) is 6.21. The molecule has 1 unspecified atom stereocenters. The molecule has 0 bridgehead atoms. The lowest BCUT2D eigenvalue weighted by molar-refractivity contribution is 0.553. The van der Waals surface area contributed by atoms with Gasteiger partial charge in [-0.15, -0.1) is 0 Å². The van der Waals surface area contributed by atoms with Crippen LogP contribution in [-0.2, 0) is 0 Å². The van der Waals surface area contributed by atoms with E-state index in [1.807, 2.05) is 6.07 Å². The molecule has 0 saturated heterocycles. The molecule has 0 aliphatic heterocycles. The standard InChI is InChI=1S/C8H13NO/c1-2-3-8(9)7-4-5-10-6-7/h4-6,8H,2-3,9H2,1H3. The van der Waals surface area contributed by atoms with Gasteiger partial charge in [-0.1, -0.05) is 13.3 Å². The van der Waals surface area contributed by atoms with Crippen LogP contribution in [-0.4, -0.2) is 0 Å². The van der Waals surface area contributed by atoms with Crippen LogP contribution in [0, 0.1) is 0 Å². The summed E-state index contributed by atoms with van der Waals surface area (Å²) in [5.41, 5.74) is 6.89. The van der Waals surface area contributed by atoms with E-state index in [1.165, 1.54) is 0 Å². The maximum Gasteiger partial charge on any atom is 0.0950 e. The zero-order chi connectivity index (χ0) is 7.40. The smallest absolute Gasteiger partial charge is 0.0950 e. The van der Waals surface area contributed by atoms with Gasteiger partial charge < -0.3 is 10.2 Å². The lowest BCUT2D eigenvalue weighted by Crippen LogP contribution is -2.07. The third-order valence-corrected chi connectivity index (χ3v) is 1.57. The van der Waals surface area contributed by atoms with Crippen molar-refractivity contribution in [3.63, 3.8) is 0 Å². The Labute approximate surface area is 61.0 Å². The van der Waals surface area contributed by atoms with Crippen molar-refractivity contribution in [3.8, 4) is 0 Å². The Hall–Kier alpha value is -0.760. The minimum atomic E-state index is 0.156. The van der Waals surface area contributed by atoms with Crippen LogP contribution in [0.15, 0.2) is 23.0 Å². The summed E-state index contributed by atoms with van der Waals surface area (Å²) in [5, 5.41) is 0. The first kappa shape index (κ1) is 7.35. The van der Waals surface area contributed by atoms with Crippen molar-refractivity contribution in [2.24, 2.45) is 5.73 Å². The van der Waals surface area contributed by atoms with E-state index in [9.17, 15) is 0 Å². The van der Waals surface area contributed by atoms with Crippen LogP contribution in [0.25, 0.3) is 0 Å². The molecule has 1 aromatic heterocycles. The van der Waals surface area contributed by atoms with Crippen molar-refractivity contribution < 1.29 is 4.42 Å². The molecular formula is C8H13NO. The zero-order valence-electron chi connectivity index (χ0n) is 6.21. The van der Waals surface area contributed by atoms with Crippen molar-refractivity contribution in [3.05, 3.63) is 24.2 Å². The Morgan fingerprint density at radius 3 is 3.00 bits per heavy atom. The SMILES string of the molecule is CCCC(N)c1ccoc1. The highest BCUT2D eigenvalue weighted by Gasteiger charge is 2.03. The minimum absolute atomic E-state index is 0.156. The molecule has 0 radical (unpaired) electrons. The van der Waals surface area contributed by atoms with Crippen molar-refractivity contribution >= 4 is 0 Å². The van der Waals surface area contributed by atoms with Gasteiger partial charge in [-0.2, -0.15) is 0 Å². The lowest BCUT2D eigenvalue weighted by atomic mass is 10.1. The first-order valence-electron chi connectivity index (χ1n) is 3.62. The van der Waals surface area contributed by atoms with Gasteiger partial charge in [0.1, 0.15) is 0 Å². The molecule has 0 aromatic carbocycles.